The molecule has 0 aliphatic carbocycles. The fraction of sp³-hybridized carbons (Fsp3) is 0.364. The standard InChI is InChI=1S/C11H12N2O4/c1-6(14)13-4-2-3-7-9(13)8(11(16)17)5-12-10(7)15/h5H,2-4H2,1H3,(H,12,15)(H,16,17). The van der Waals surface area contributed by atoms with Gasteiger partial charge in [0, 0.05) is 25.2 Å². The zero-order valence-corrected chi connectivity index (χ0v) is 9.32. The second-order valence-electron chi connectivity index (χ2n) is 3.94. The predicted octanol–water partition coefficient (Wildman–Crippen LogP) is 0.372. The van der Waals surface area contributed by atoms with Crippen LogP contribution in [0.2, 0.25) is 0 Å². The van der Waals surface area contributed by atoms with Gasteiger partial charge in [-0.05, 0) is 12.8 Å². The van der Waals surface area contributed by atoms with Crippen molar-refractivity contribution in [3.63, 3.8) is 0 Å². The maximum absolute atomic E-state index is 11.6. The number of carboxylic acid groups (broad SMARTS) is 1. The van der Waals surface area contributed by atoms with Crippen molar-refractivity contribution in [3.05, 3.63) is 27.7 Å². The van der Waals surface area contributed by atoms with Crippen LogP contribution in [0.5, 0.6) is 0 Å². The van der Waals surface area contributed by atoms with E-state index in [1.165, 1.54) is 11.8 Å². The topological polar surface area (TPSA) is 90.5 Å². The number of carbonyl (C=O) groups excluding carboxylic acids is 1. The van der Waals surface area contributed by atoms with Crippen LogP contribution in [-0.4, -0.2) is 28.5 Å². The summed E-state index contributed by atoms with van der Waals surface area (Å²) in [6, 6.07) is 0. The Hall–Kier alpha value is -2.11. The lowest BCUT2D eigenvalue weighted by Crippen LogP contribution is -2.37. The third kappa shape index (κ3) is 1.82. The molecule has 0 saturated carbocycles. The van der Waals surface area contributed by atoms with Crippen LogP contribution in [-0.2, 0) is 11.2 Å². The number of aromatic carboxylic acids is 1. The molecule has 1 amide bonds. The summed E-state index contributed by atoms with van der Waals surface area (Å²) >= 11 is 0. The lowest BCUT2D eigenvalue weighted by atomic mass is 10.00. The van der Waals surface area contributed by atoms with Gasteiger partial charge in [-0.1, -0.05) is 0 Å². The van der Waals surface area contributed by atoms with Crippen LogP contribution >= 0.6 is 0 Å². The average Bonchev–Trinajstić information content (AvgIpc) is 2.28. The average molecular weight is 236 g/mol. The van der Waals surface area contributed by atoms with Crippen molar-refractivity contribution in [1.82, 2.24) is 4.98 Å². The Morgan fingerprint density at radius 1 is 1.47 bits per heavy atom. The van der Waals surface area contributed by atoms with Gasteiger partial charge in [-0.25, -0.2) is 4.79 Å². The van der Waals surface area contributed by atoms with Crippen molar-refractivity contribution in [1.29, 1.82) is 0 Å². The Kier molecular flexibility index (Phi) is 2.71. The summed E-state index contributed by atoms with van der Waals surface area (Å²) in [5, 5.41) is 9.07. The summed E-state index contributed by atoms with van der Waals surface area (Å²) in [4.78, 5) is 37.9. The molecule has 1 aliphatic rings. The molecule has 1 aromatic rings. The van der Waals surface area contributed by atoms with Crippen molar-refractivity contribution in [2.75, 3.05) is 11.4 Å². The number of hydrogen-bond acceptors (Lipinski definition) is 3. The Balaban J connectivity index is 2.72. The summed E-state index contributed by atoms with van der Waals surface area (Å²) < 4.78 is 0. The van der Waals surface area contributed by atoms with Crippen LogP contribution < -0.4 is 10.5 Å². The Bertz CT molecular complexity index is 547. The highest BCUT2D eigenvalue weighted by molar-refractivity contribution is 6.02. The Morgan fingerprint density at radius 2 is 2.18 bits per heavy atom. The molecular weight excluding hydrogens is 224 g/mol. The van der Waals surface area contributed by atoms with E-state index in [2.05, 4.69) is 4.98 Å². The quantitative estimate of drug-likeness (QED) is 0.737. The smallest absolute Gasteiger partial charge is 0.339 e. The molecule has 2 rings (SSSR count). The van der Waals surface area contributed by atoms with Crippen LogP contribution in [0.25, 0.3) is 0 Å². The van der Waals surface area contributed by atoms with Gasteiger partial charge in [0.25, 0.3) is 5.56 Å². The van der Waals surface area contributed by atoms with Crippen molar-refractivity contribution < 1.29 is 14.7 Å². The third-order valence-electron chi connectivity index (χ3n) is 2.85. The number of anilines is 1. The van der Waals surface area contributed by atoms with E-state index in [4.69, 9.17) is 5.11 Å². The van der Waals surface area contributed by atoms with Gasteiger partial charge < -0.3 is 15.0 Å². The fourth-order valence-corrected chi connectivity index (χ4v) is 2.11. The number of H-pyrrole nitrogens is 1. The molecule has 2 N–H and O–H groups in total. The number of nitrogens with one attached hydrogen (secondary N) is 1. The first-order valence-electron chi connectivity index (χ1n) is 5.28. The first-order chi connectivity index (χ1) is 8.02. The third-order valence-corrected chi connectivity index (χ3v) is 2.85. The van der Waals surface area contributed by atoms with Crippen molar-refractivity contribution >= 4 is 17.6 Å². The number of aromatic amines is 1. The molecule has 0 unspecified atom stereocenters. The molecule has 0 saturated heterocycles. The first kappa shape index (κ1) is 11.4. The van der Waals surface area contributed by atoms with Crippen LogP contribution in [0.4, 0.5) is 5.69 Å². The molecule has 6 nitrogen and oxygen atoms in total. The summed E-state index contributed by atoms with van der Waals surface area (Å²) in [6.07, 6.45) is 2.30. The maximum atomic E-state index is 11.6. The highest BCUT2D eigenvalue weighted by atomic mass is 16.4. The molecule has 0 atom stereocenters. The molecule has 0 spiro atoms. The number of aromatic nitrogens is 1. The van der Waals surface area contributed by atoms with Gasteiger partial charge in [0.1, 0.15) is 0 Å². The number of nitrogens with zero attached hydrogens (tertiary/aromatic N) is 1. The van der Waals surface area contributed by atoms with Crippen molar-refractivity contribution in [2.45, 2.75) is 19.8 Å². The van der Waals surface area contributed by atoms with E-state index < -0.39 is 5.97 Å². The van der Waals surface area contributed by atoms with Gasteiger partial charge in [0.15, 0.2) is 0 Å². The molecular formula is C11H12N2O4. The van der Waals surface area contributed by atoms with E-state index in [1.807, 2.05) is 0 Å². The van der Waals surface area contributed by atoms with Crippen LogP contribution in [0.1, 0.15) is 29.3 Å². The number of amides is 1. The number of pyridine rings is 1. The van der Waals surface area contributed by atoms with Gasteiger partial charge in [-0.2, -0.15) is 0 Å². The van der Waals surface area contributed by atoms with E-state index in [1.54, 1.807) is 0 Å². The molecule has 0 aromatic carbocycles. The minimum atomic E-state index is -1.15. The fourth-order valence-electron chi connectivity index (χ4n) is 2.11. The Labute approximate surface area is 96.9 Å². The normalized spacial score (nSPS) is 14.3. The minimum Gasteiger partial charge on any atom is -0.478 e. The van der Waals surface area contributed by atoms with Gasteiger partial charge in [0.2, 0.25) is 5.91 Å². The highest BCUT2D eigenvalue weighted by Crippen LogP contribution is 2.28. The number of fused-ring (bicyclic) bond motifs is 1. The number of rotatable bonds is 1. The van der Waals surface area contributed by atoms with E-state index in [9.17, 15) is 14.4 Å². The largest absolute Gasteiger partial charge is 0.478 e. The zero-order chi connectivity index (χ0) is 12.6. The van der Waals surface area contributed by atoms with E-state index >= 15 is 0 Å². The first-order valence-corrected chi connectivity index (χ1v) is 5.28. The lowest BCUT2D eigenvalue weighted by Gasteiger charge is -2.29. The van der Waals surface area contributed by atoms with E-state index in [0.29, 0.717) is 24.9 Å². The van der Waals surface area contributed by atoms with Crippen molar-refractivity contribution in [2.24, 2.45) is 0 Å². The van der Waals surface area contributed by atoms with Crippen LogP contribution in [0.3, 0.4) is 0 Å². The monoisotopic (exact) mass is 236 g/mol. The van der Waals surface area contributed by atoms with E-state index in [-0.39, 0.29) is 22.7 Å². The second-order valence-corrected chi connectivity index (χ2v) is 3.94. The van der Waals surface area contributed by atoms with Gasteiger partial charge in [0.05, 0.1) is 11.3 Å². The maximum Gasteiger partial charge on any atom is 0.339 e. The predicted molar refractivity (Wildman–Crippen MR) is 60.4 cm³/mol. The highest BCUT2D eigenvalue weighted by Gasteiger charge is 2.27. The summed E-state index contributed by atoms with van der Waals surface area (Å²) in [5.41, 5.74) is 0.275. The van der Waals surface area contributed by atoms with Crippen LogP contribution in [0, 0.1) is 0 Å². The number of hydrogen-bond donors (Lipinski definition) is 2. The molecule has 0 bridgehead atoms. The van der Waals surface area contributed by atoms with E-state index in [0.717, 1.165) is 6.20 Å². The van der Waals surface area contributed by atoms with Gasteiger partial charge >= 0.3 is 5.97 Å². The molecule has 6 heteroatoms. The van der Waals surface area contributed by atoms with Gasteiger partial charge in [-0.15, -0.1) is 0 Å². The summed E-state index contributed by atoms with van der Waals surface area (Å²) in [5.74, 6) is -1.40. The summed E-state index contributed by atoms with van der Waals surface area (Å²) in [7, 11) is 0. The minimum absolute atomic E-state index is 0.0329. The molecule has 0 radical (unpaired) electrons. The van der Waals surface area contributed by atoms with Crippen LogP contribution in [0.15, 0.2) is 11.0 Å². The number of carbonyl (C=O) groups is 2. The molecule has 1 aliphatic heterocycles. The SMILES string of the molecule is CC(=O)N1CCCc2c1c(C(=O)O)c[nH]c2=O. The second kappa shape index (κ2) is 4.04. The van der Waals surface area contributed by atoms with Gasteiger partial charge in [-0.3, -0.25) is 9.59 Å². The summed E-state index contributed by atoms with van der Waals surface area (Å²) in [6.45, 7) is 1.81. The van der Waals surface area contributed by atoms with Crippen molar-refractivity contribution in [3.8, 4) is 0 Å². The molecule has 0 fully saturated rings. The Morgan fingerprint density at radius 3 is 2.76 bits per heavy atom. The molecule has 17 heavy (non-hydrogen) atoms. The molecule has 90 valence electrons. The molecule has 2 heterocycles. The lowest BCUT2D eigenvalue weighted by molar-refractivity contribution is -0.116. The zero-order valence-electron chi connectivity index (χ0n) is 9.32. The molecule has 1 aromatic heterocycles. The number of carboxylic acids is 1.